The first-order chi connectivity index (χ1) is 9.83. The molecule has 1 aromatic heterocycles. The molecule has 1 fully saturated rings. The Hall–Kier alpha value is -0.840. The van der Waals surface area contributed by atoms with Crippen molar-refractivity contribution < 1.29 is 9.15 Å². The Morgan fingerprint density at radius 3 is 2.85 bits per heavy atom. The Morgan fingerprint density at radius 2 is 2.15 bits per heavy atom. The van der Waals surface area contributed by atoms with Gasteiger partial charge >= 0.3 is 0 Å². The van der Waals surface area contributed by atoms with Gasteiger partial charge in [0.05, 0.1) is 18.9 Å². The molecule has 4 heteroatoms. The number of likely N-dealkylation sites (tertiary alicyclic amines) is 1. The lowest BCUT2D eigenvalue weighted by molar-refractivity contribution is 0.0124. The molecule has 2 rings (SSSR count). The summed E-state index contributed by atoms with van der Waals surface area (Å²) in [5.41, 5.74) is 1.32. The zero-order valence-corrected chi connectivity index (χ0v) is 12.9. The van der Waals surface area contributed by atoms with Gasteiger partial charge < -0.3 is 14.5 Å². The van der Waals surface area contributed by atoms with Crippen LogP contribution in [0.4, 0.5) is 0 Å². The predicted molar refractivity (Wildman–Crippen MR) is 80.6 cm³/mol. The molecule has 1 aliphatic heterocycles. The molecule has 0 aromatic carbocycles. The molecule has 20 heavy (non-hydrogen) atoms. The maximum absolute atomic E-state index is 5.70. The van der Waals surface area contributed by atoms with E-state index in [0.717, 1.165) is 64.4 Å². The van der Waals surface area contributed by atoms with Crippen molar-refractivity contribution in [3.8, 4) is 0 Å². The predicted octanol–water partition coefficient (Wildman–Crippen LogP) is 2.78. The molecule has 0 amide bonds. The average molecular weight is 280 g/mol. The highest BCUT2D eigenvalue weighted by Crippen LogP contribution is 2.18. The average Bonchev–Trinajstić information content (AvgIpc) is 2.89. The summed E-state index contributed by atoms with van der Waals surface area (Å²) < 4.78 is 11.3. The van der Waals surface area contributed by atoms with Gasteiger partial charge in [-0.05, 0) is 38.8 Å². The van der Waals surface area contributed by atoms with E-state index in [0.29, 0.717) is 6.10 Å². The minimum Gasteiger partial charge on any atom is -0.468 e. The number of rotatable bonds is 8. The van der Waals surface area contributed by atoms with Crippen molar-refractivity contribution in [2.24, 2.45) is 0 Å². The van der Waals surface area contributed by atoms with E-state index in [1.165, 1.54) is 5.56 Å². The van der Waals surface area contributed by atoms with Gasteiger partial charge in [-0.25, -0.2) is 0 Å². The van der Waals surface area contributed by atoms with E-state index in [4.69, 9.17) is 9.15 Å². The van der Waals surface area contributed by atoms with Crippen LogP contribution in [0.2, 0.25) is 0 Å². The number of hydrogen-bond acceptors (Lipinski definition) is 4. The molecule has 114 valence electrons. The summed E-state index contributed by atoms with van der Waals surface area (Å²) in [5.74, 6) is 1.09. The second-order valence-electron chi connectivity index (χ2n) is 5.48. The molecule has 1 N–H and O–H groups in total. The highest BCUT2D eigenvalue weighted by Gasteiger charge is 2.20. The normalized spacial score (nSPS) is 17.7. The molecule has 0 unspecified atom stereocenters. The van der Waals surface area contributed by atoms with Crippen LogP contribution in [0.5, 0.6) is 0 Å². The second-order valence-corrected chi connectivity index (χ2v) is 5.48. The maximum Gasteiger partial charge on any atom is 0.122 e. The third kappa shape index (κ3) is 4.62. The van der Waals surface area contributed by atoms with Gasteiger partial charge in [0, 0.05) is 31.8 Å². The standard InChI is InChI=1S/C16H28N2O2/c1-3-8-17-12-16-14(7-11-20-16)13-18-9-5-15(6-10-18)19-4-2/h7,11,15,17H,3-6,8-10,12-13H2,1-2H3. The van der Waals surface area contributed by atoms with Gasteiger partial charge in [0.25, 0.3) is 0 Å². The molecule has 1 saturated heterocycles. The highest BCUT2D eigenvalue weighted by molar-refractivity contribution is 5.17. The van der Waals surface area contributed by atoms with E-state index in [-0.39, 0.29) is 0 Å². The fourth-order valence-corrected chi connectivity index (χ4v) is 2.75. The quantitative estimate of drug-likeness (QED) is 0.743. The lowest BCUT2D eigenvalue weighted by Crippen LogP contribution is -2.36. The van der Waals surface area contributed by atoms with Crippen LogP contribution in [0.25, 0.3) is 0 Å². The summed E-state index contributed by atoms with van der Waals surface area (Å²) >= 11 is 0. The topological polar surface area (TPSA) is 37.6 Å². The maximum atomic E-state index is 5.70. The molecule has 1 aliphatic rings. The van der Waals surface area contributed by atoms with Gasteiger partial charge in [-0.2, -0.15) is 0 Å². The van der Waals surface area contributed by atoms with Crippen LogP contribution < -0.4 is 5.32 Å². The van der Waals surface area contributed by atoms with Crippen LogP contribution in [0.3, 0.4) is 0 Å². The minimum absolute atomic E-state index is 0.464. The summed E-state index contributed by atoms with van der Waals surface area (Å²) in [6.07, 6.45) is 5.72. The lowest BCUT2D eigenvalue weighted by atomic mass is 10.1. The first-order valence-electron chi connectivity index (χ1n) is 7.93. The van der Waals surface area contributed by atoms with Crippen molar-refractivity contribution >= 4 is 0 Å². The number of ether oxygens (including phenoxy) is 1. The minimum atomic E-state index is 0.464. The van der Waals surface area contributed by atoms with Crippen LogP contribution in [0.1, 0.15) is 44.4 Å². The smallest absolute Gasteiger partial charge is 0.122 e. The molecule has 0 spiro atoms. The number of piperidine rings is 1. The third-order valence-corrected chi connectivity index (χ3v) is 3.88. The molecule has 0 saturated carbocycles. The van der Waals surface area contributed by atoms with Crippen LogP contribution in [0, 0.1) is 0 Å². The van der Waals surface area contributed by atoms with Crippen LogP contribution in [-0.2, 0) is 17.8 Å². The molecule has 1 aromatic rings. The monoisotopic (exact) mass is 280 g/mol. The second kappa shape index (κ2) is 8.45. The van der Waals surface area contributed by atoms with Crippen molar-refractivity contribution in [3.63, 3.8) is 0 Å². The zero-order chi connectivity index (χ0) is 14.2. The fraction of sp³-hybridized carbons (Fsp3) is 0.750. The van der Waals surface area contributed by atoms with Crippen molar-refractivity contribution in [2.45, 2.75) is 52.3 Å². The Kier molecular flexibility index (Phi) is 6.57. The molecular formula is C16H28N2O2. The molecule has 0 bridgehead atoms. The van der Waals surface area contributed by atoms with Crippen molar-refractivity contribution in [2.75, 3.05) is 26.2 Å². The van der Waals surface area contributed by atoms with E-state index >= 15 is 0 Å². The van der Waals surface area contributed by atoms with Gasteiger partial charge in [-0.3, -0.25) is 4.90 Å². The van der Waals surface area contributed by atoms with Crippen molar-refractivity contribution in [1.82, 2.24) is 10.2 Å². The SMILES string of the molecule is CCCNCc1occc1CN1CCC(OCC)CC1. The molecule has 0 radical (unpaired) electrons. The van der Waals surface area contributed by atoms with Gasteiger partial charge in [0.1, 0.15) is 5.76 Å². The number of nitrogens with one attached hydrogen (secondary N) is 1. The van der Waals surface area contributed by atoms with Crippen LogP contribution in [0.15, 0.2) is 16.7 Å². The van der Waals surface area contributed by atoms with Crippen molar-refractivity contribution in [3.05, 3.63) is 23.7 Å². The molecule has 0 aliphatic carbocycles. The van der Waals surface area contributed by atoms with Gasteiger partial charge in [0.2, 0.25) is 0 Å². The lowest BCUT2D eigenvalue weighted by Gasteiger charge is -2.31. The Labute approximate surface area is 122 Å². The first kappa shape index (κ1) is 15.5. The van der Waals surface area contributed by atoms with Gasteiger partial charge in [-0.15, -0.1) is 0 Å². The Morgan fingerprint density at radius 1 is 1.35 bits per heavy atom. The third-order valence-electron chi connectivity index (χ3n) is 3.88. The molecule has 4 nitrogen and oxygen atoms in total. The first-order valence-corrected chi connectivity index (χ1v) is 7.93. The summed E-state index contributed by atoms with van der Waals surface area (Å²) in [6.45, 7) is 10.2. The largest absolute Gasteiger partial charge is 0.468 e. The van der Waals surface area contributed by atoms with Crippen LogP contribution >= 0.6 is 0 Å². The zero-order valence-electron chi connectivity index (χ0n) is 12.9. The summed E-state index contributed by atoms with van der Waals surface area (Å²) in [6, 6.07) is 2.11. The Bertz CT molecular complexity index is 370. The fourth-order valence-electron chi connectivity index (χ4n) is 2.75. The van der Waals surface area contributed by atoms with E-state index in [1.54, 1.807) is 0 Å². The van der Waals surface area contributed by atoms with E-state index < -0.39 is 0 Å². The Balaban J connectivity index is 1.78. The van der Waals surface area contributed by atoms with E-state index in [9.17, 15) is 0 Å². The van der Waals surface area contributed by atoms with Crippen molar-refractivity contribution in [1.29, 1.82) is 0 Å². The molecular weight excluding hydrogens is 252 g/mol. The van der Waals surface area contributed by atoms with Crippen LogP contribution in [-0.4, -0.2) is 37.2 Å². The van der Waals surface area contributed by atoms with E-state index in [2.05, 4.69) is 30.1 Å². The number of nitrogens with zero attached hydrogens (tertiary/aromatic N) is 1. The highest BCUT2D eigenvalue weighted by atomic mass is 16.5. The number of hydrogen-bond donors (Lipinski definition) is 1. The number of furan rings is 1. The summed E-state index contributed by atoms with van der Waals surface area (Å²) in [5, 5.41) is 3.41. The van der Waals surface area contributed by atoms with Gasteiger partial charge in [0.15, 0.2) is 0 Å². The summed E-state index contributed by atoms with van der Waals surface area (Å²) in [7, 11) is 0. The molecule has 0 atom stereocenters. The molecule has 2 heterocycles. The van der Waals surface area contributed by atoms with Gasteiger partial charge in [-0.1, -0.05) is 6.92 Å². The van der Waals surface area contributed by atoms with E-state index in [1.807, 2.05) is 6.26 Å². The summed E-state index contributed by atoms with van der Waals surface area (Å²) in [4.78, 5) is 2.50.